The van der Waals surface area contributed by atoms with Crippen molar-refractivity contribution < 1.29 is 24.2 Å². The Hall–Kier alpha value is -4.91. The van der Waals surface area contributed by atoms with Gasteiger partial charge in [0, 0.05) is 37.3 Å². The van der Waals surface area contributed by atoms with Crippen LogP contribution in [-0.4, -0.2) is 52.9 Å². The first kappa shape index (κ1) is 29.1. The average molecular weight is 551 g/mol. The number of nitrogens with zero attached hydrogens (tertiary/aromatic N) is 2. The summed E-state index contributed by atoms with van der Waals surface area (Å²) < 4.78 is 5.23. The molecule has 0 aromatic heterocycles. The Morgan fingerprint density at radius 2 is 1.15 bits per heavy atom. The molecule has 4 aromatic rings. The van der Waals surface area contributed by atoms with E-state index in [0.29, 0.717) is 41.1 Å². The number of methoxy groups -OCH3 is 1. The van der Waals surface area contributed by atoms with Crippen LogP contribution in [0.1, 0.15) is 45.2 Å². The van der Waals surface area contributed by atoms with Gasteiger partial charge in [-0.1, -0.05) is 78.9 Å². The van der Waals surface area contributed by atoms with Crippen molar-refractivity contribution in [2.75, 3.05) is 20.2 Å². The predicted octanol–water partition coefficient (Wildman–Crippen LogP) is 6.14. The van der Waals surface area contributed by atoms with Crippen LogP contribution in [-0.2, 0) is 17.9 Å². The van der Waals surface area contributed by atoms with Crippen LogP contribution >= 0.6 is 0 Å². The number of ether oxygens (including phenoxy) is 1. The standard InChI is InChI=1S/C34H34N2O5/c1-3-35(23-25-11-5-4-6-12-25)33(39)30-15-9-7-13-28(30)29-14-8-10-16-31(29)34(40)36(22-21-32(37)38)24-26-17-19-27(41-2)20-18-26/h4-20H,3,21-24H2,1-2H3,(H,37,38). The van der Waals surface area contributed by atoms with Gasteiger partial charge in [-0.2, -0.15) is 0 Å². The molecule has 0 unspecified atom stereocenters. The Bertz CT molecular complexity index is 1480. The monoisotopic (exact) mass is 550 g/mol. The van der Waals surface area contributed by atoms with Crippen LogP contribution in [0.2, 0.25) is 0 Å². The van der Waals surface area contributed by atoms with Crippen LogP contribution in [0, 0.1) is 0 Å². The highest BCUT2D eigenvalue weighted by molar-refractivity contribution is 6.06. The number of rotatable bonds is 12. The minimum Gasteiger partial charge on any atom is -0.497 e. The molecule has 0 aliphatic rings. The summed E-state index contributed by atoms with van der Waals surface area (Å²) in [5.74, 6) is -0.733. The number of aliphatic carboxylic acids is 1. The van der Waals surface area contributed by atoms with E-state index in [9.17, 15) is 19.5 Å². The van der Waals surface area contributed by atoms with E-state index in [0.717, 1.165) is 11.1 Å². The Morgan fingerprint density at radius 3 is 1.68 bits per heavy atom. The molecule has 0 atom stereocenters. The summed E-state index contributed by atoms with van der Waals surface area (Å²) >= 11 is 0. The first-order valence-corrected chi connectivity index (χ1v) is 13.6. The second-order valence-corrected chi connectivity index (χ2v) is 9.61. The summed E-state index contributed by atoms with van der Waals surface area (Å²) in [6, 6.07) is 31.6. The molecule has 0 saturated carbocycles. The van der Waals surface area contributed by atoms with Crippen molar-refractivity contribution in [3.8, 4) is 16.9 Å². The molecule has 41 heavy (non-hydrogen) atoms. The number of hydrogen-bond donors (Lipinski definition) is 1. The lowest BCUT2D eigenvalue weighted by Gasteiger charge is -2.25. The molecule has 0 saturated heterocycles. The summed E-state index contributed by atoms with van der Waals surface area (Å²) in [4.78, 5) is 42.6. The summed E-state index contributed by atoms with van der Waals surface area (Å²) in [5, 5.41) is 9.36. The highest BCUT2D eigenvalue weighted by Gasteiger charge is 2.24. The molecular formula is C34H34N2O5. The van der Waals surface area contributed by atoms with Crippen molar-refractivity contribution >= 4 is 17.8 Å². The Balaban J connectivity index is 1.68. The summed E-state index contributed by atoms with van der Waals surface area (Å²) in [7, 11) is 1.58. The third-order valence-corrected chi connectivity index (χ3v) is 6.91. The van der Waals surface area contributed by atoms with Gasteiger partial charge in [0.1, 0.15) is 5.75 Å². The molecule has 0 fully saturated rings. The molecule has 1 N–H and O–H groups in total. The lowest BCUT2D eigenvalue weighted by molar-refractivity contribution is -0.137. The fourth-order valence-electron chi connectivity index (χ4n) is 4.72. The molecule has 7 nitrogen and oxygen atoms in total. The molecule has 0 radical (unpaired) electrons. The van der Waals surface area contributed by atoms with Crippen LogP contribution in [0.25, 0.3) is 11.1 Å². The summed E-state index contributed by atoms with van der Waals surface area (Å²) in [6.45, 7) is 3.20. The molecule has 210 valence electrons. The molecule has 0 aliphatic carbocycles. The van der Waals surface area contributed by atoms with Gasteiger partial charge >= 0.3 is 5.97 Å². The molecule has 0 aliphatic heterocycles. The molecule has 2 amide bonds. The number of carbonyl (C=O) groups excluding carboxylic acids is 2. The zero-order valence-corrected chi connectivity index (χ0v) is 23.3. The predicted molar refractivity (Wildman–Crippen MR) is 159 cm³/mol. The number of amides is 2. The second kappa shape index (κ2) is 13.9. The number of carboxylic acid groups (broad SMARTS) is 1. The Labute approximate surface area is 240 Å². The molecule has 4 aromatic carbocycles. The molecular weight excluding hydrogens is 516 g/mol. The van der Waals surface area contributed by atoms with E-state index in [1.54, 1.807) is 42.3 Å². The van der Waals surface area contributed by atoms with Gasteiger partial charge in [0.25, 0.3) is 11.8 Å². The minimum absolute atomic E-state index is 0.0375. The SMILES string of the molecule is CCN(Cc1ccccc1)C(=O)c1ccccc1-c1ccccc1C(=O)N(CCC(=O)O)Cc1ccc(OC)cc1. The van der Waals surface area contributed by atoms with Crippen molar-refractivity contribution in [2.24, 2.45) is 0 Å². The smallest absolute Gasteiger partial charge is 0.305 e. The summed E-state index contributed by atoms with van der Waals surface area (Å²) in [6.07, 6.45) is -0.190. The maximum Gasteiger partial charge on any atom is 0.305 e. The largest absolute Gasteiger partial charge is 0.497 e. The van der Waals surface area contributed by atoms with E-state index in [1.807, 2.05) is 79.7 Å². The third kappa shape index (κ3) is 7.39. The van der Waals surface area contributed by atoms with Crippen molar-refractivity contribution in [1.82, 2.24) is 9.80 Å². The average Bonchev–Trinajstić information content (AvgIpc) is 3.02. The zero-order chi connectivity index (χ0) is 29.2. The van der Waals surface area contributed by atoms with Gasteiger partial charge in [-0.15, -0.1) is 0 Å². The number of benzene rings is 4. The van der Waals surface area contributed by atoms with Crippen molar-refractivity contribution in [3.05, 3.63) is 125 Å². The molecule has 0 bridgehead atoms. The maximum atomic E-state index is 14.0. The van der Waals surface area contributed by atoms with E-state index in [2.05, 4.69) is 0 Å². The zero-order valence-electron chi connectivity index (χ0n) is 23.3. The van der Waals surface area contributed by atoms with Crippen molar-refractivity contribution in [2.45, 2.75) is 26.4 Å². The maximum absolute atomic E-state index is 14.0. The first-order valence-electron chi connectivity index (χ1n) is 13.6. The van der Waals surface area contributed by atoms with Crippen LogP contribution in [0.15, 0.2) is 103 Å². The lowest BCUT2D eigenvalue weighted by atomic mass is 9.93. The van der Waals surface area contributed by atoms with Gasteiger partial charge in [0.05, 0.1) is 13.5 Å². The molecule has 7 heteroatoms. The van der Waals surface area contributed by atoms with Crippen LogP contribution < -0.4 is 4.74 Å². The molecule has 0 spiro atoms. The van der Waals surface area contributed by atoms with Crippen LogP contribution in [0.5, 0.6) is 5.75 Å². The fourth-order valence-corrected chi connectivity index (χ4v) is 4.72. The first-order chi connectivity index (χ1) is 19.9. The summed E-state index contributed by atoms with van der Waals surface area (Å²) in [5.41, 5.74) is 4.04. The highest BCUT2D eigenvalue weighted by Crippen LogP contribution is 2.30. The fraction of sp³-hybridized carbons (Fsp3) is 0.206. The minimum atomic E-state index is -0.986. The number of hydrogen-bond acceptors (Lipinski definition) is 4. The van der Waals surface area contributed by atoms with Gasteiger partial charge in [-0.3, -0.25) is 14.4 Å². The van der Waals surface area contributed by atoms with Gasteiger partial charge in [-0.05, 0) is 53.4 Å². The van der Waals surface area contributed by atoms with Gasteiger partial charge in [0.15, 0.2) is 0 Å². The van der Waals surface area contributed by atoms with Gasteiger partial charge < -0.3 is 19.6 Å². The van der Waals surface area contributed by atoms with E-state index in [-0.39, 0.29) is 31.3 Å². The van der Waals surface area contributed by atoms with Crippen LogP contribution in [0.4, 0.5) is 0 Å². The molecule has 0 heterocycles. The third-order valence-electron chi connectivity index (χ3n) is 6.91. The van der Waals surface area contributed by atoms with Crippen LogP contribution in [0.3, 0.4) is 0 Å². The van der Waals surface area contributed by atoms with Gasteiger partial charge in [-0.25, -0.2) is 0 Å². The normalized spacial score (nSPS) is 10.6. The highest BCUT2D eigenvalue weighted by atomic mass is 16.5. The van der Waals surface area contributed by atoms with Crippen molar-refractivity contribution in [1.29, 1.82) is 0 Å². The molecule has 4 rings (SSSR count). The topological polar surface area (TPSA) is 87.2 Å². The van der Waals surface area contributed by atoms with E-state index in [4.69, 9.17) is 4.74 Å². The van der Waals surface area contributed by atoms with E-state index >= 15 is 0 Å². The quantitative estimate of drug-likeness (QED) is 0.229. The van der Waals surface area contributed by atoms with Crippen molar-refractivity contribution in [3.63, 3.8) is 0 Å². The van der Waals surface area contributed by atoms with Gasteiger partial charge in [0.2, 0.25) is 0 Å². The Morgan fingerprint density at radius 1 is 0.659 bits per heavy atom. The number of carboxylic acids is 1. The number of carbonyl (C=O) groups is 3. The Kier molecular flexibility index (Phi) is 9.89. The second-order valence-electron chi connectivity index (χ2n) is 9.61. The van der Waals surface area contributed by atoms with E-state index < -0.39 is 5.97 Å². The van der Waals surface area contributed by atoms with E-state index in [1.165, 1.54) is 4.90 Å². The lowest BCUT2D eigenvalue weighted by Crippen LogP contribution is -2.33.